The zero-order valence-electron chi connectivity index (χ0n) is 9.02. The molecule has 0 spiro atoms. The Morgan fingerprint density at radius 1 is 1.18 bits per heavy atom. The number of halogens is 1. The van der Waals surface area contributed by atoms with Gasteiger partial charge in [-0.3, -0.25) is 0 Å². The normalized spacial score (nSPS) is 10.9. The lowest BCUT2D eigenvalue weighted by molar-refractivity contribution is 1.03. The highest BCUT2D eigenvalue weighted by Crippen LogP contribution is 2.16. The molecule has 84 valence electrons. The Morgan fingerprint density at radius 3 is 3.00 bits per heavy atom. The molecular weight excluding hydrogens is 234 g/mol. The molecule has 0 aliphatic carbocycles. The lowest BCUT2D eigenvalue weighted by atomic mass is 10.1. The van der Waals surface area contributed by atoms with Crippen molar-refractivity contribution in [1.82, 2.24) is 15.0 Å². The quantitative estimate of drug-likeness (QED) is 0.703. The van der Waals surface area contributed by atoms with Gasteiger partial charge in [-0.05, 0) is 46.8 Å². The first kappa shape index (κ1) is 10.3. The zero-order chi connectivity index (χ0) is 11.7. The van der Waals surface area contributed by atoms with Crippen molar-refractivity contribution in [2.75, 3.05) is 0 Å². The van der Waals surface area contributed by atoms with Gasteiger partial charge in [0, 0.05) is 30.0 Å². The van der Waals surface area contributed by atoms with E-state index in [0.717, 1.165) is 17.6 Å². The van der Waals surface area contributed by atoms with Crippen LogP contribution < -0.4 is 0 Å². The Morgan fingerprint density at radius 2 is 2.12 bits per heavy atom. The molecule has 0 saturated heterocycles. The summed E-state index contributed by atoms with van der Waals surface area (Å²) in [5.74, 6) is 0. The Balaban J connectivity index is 1.94. The fourth-order valence-electron chi connectivity index (χ4n) is 1.89. The molecule has 0 saturated carbocycles. The highest BCUT2D eigenvalue weighted by Gasteiger charge is 2.01. The summed E-state index contributed by atoms with van der Waals surface area (Å²) >= 11 is 5.76. The SMILES string of the molecule is Clc1nccc(Cc2ccc3[nH]ccc3c2)n1. The van der Waals surface area contributed by atoms with Crippen LogP contribution in [0.3, 0.4) is 0 Å². The predicted octanol–water partition coefficient (Wildman–Crippen LogP) is 3.20. The number of hydrogen-bond acceptors (Lipinski definition) is 2. The standard InChI is InChI=1S/C13H10ClN3/c14-13-16-6-4-11(17-13)8-9-1-2-12-10(7-9)3-5-15-12/h1-7,15H,8H2. The van der Waals surface area contributed by atoms with Crippen molar-refractivity contribution in [3.63, 3.8) is 0 Å². The summed E-state index contributed by atoms with van der Waals surface area (Å²) in [5, 5.41) is 1.51. The number of hydrogen-bond donors (Lipinski definition) is 1. The summed E-state index contributed by atoms with van der Waals surface area (Å²) in [5.41, 5.74) is 3.29. The fraction of sp³-hybridized carbons (Fsp3) is 0.0769. The molecule has 0 aliphatic heterocycles. The first-order valence-corrected chi connectivity index (χ1v) is 5.72. The maximum Gasteiger partial charge on any atom is 0.222 e. The lowest BCUT2D eigenvalue weighted by Crippen LogP contribution is -1.93. The molecule has 0 radical (unpaired) electrons. The molecule has 0 aliphatic rings. The van der Waals surface area contributed by atoms with E-state index in [4.69, 9.17) is 11.6 Å². The molecule has 1 N–H and O–H groups in total. The molecule has 0 fully saturated rings. The van der Waals surface area contributed by atoms with Gasteiger partial charge in [0.05, 0.1) is 0 Å². The molecule has 2 heterocycles. The second-order valence-corrected chi connectivity index (χ2v) is 4.23. The van der Waals surface area contributed by atoms with E-state index in [-0.39, 0.29) is 0 Å². The van der Waals surface area contributed by atoms with E-state index in [1.54, 1.807) is 6.20 Å². The Labute approximate surface area is 103 Å². The summed E-state index contributed by atoms with van der Waals surface area (Å²) in [6, 6.07) is 10.3. The number of nitrogens with one attached hydrogen (secondary N) is 1. The molecule has 3 aromatic rings. The highest BCUT2D eigenvalue weighted by atomic mass is 35.5. The van der Waals surface area contributed by atoms with Gasteiger partial charge in [0.1, 0.15) is 0 Å². The van der Waals surface area contributed by atoms with E-state index in [1.165, 1.54) is 10.9 Å². The summed E-state index contributed by atoms with van der Waals surface area (Å²) < 4.78 is 0. The van der Waals surface area contributed by atoms with Gasteiger partial charge in [0.2, 0.25) is 5.28 Å². The van der Waals surface area contributed by atoms with Crippen LogP contribution in [0.25, 0.3) is 10.9 Å². The van der Waals surface area contributed by atoms with Crippen molar-refractivity contribution in [2.45, 2.75) is 6.42 Å². The van der Waals surface area contributed by atoms with Crippen molar-refractivity contribution in [3.8, 4) is 0 Å². The van der Waals surface area contributed by atoms with E-state index in [9.17, 15) is 0 Å². The van der Waals surface area contributed by atoms with Gasteiger partial charge in [-0.25, -0.2) is 9.97 Å². The number of H-pyrrole nitrogens is 1. The minimum atomic E-state index is 0.297. The number of aromatic amines is 1. The Hall–Kier alpha value is -1.87. The third kappa shape index (κ3) is 2.15. The van der Waals surface area contributed by atoms with Crippen molar-refractivity contribution in [1.29, 1.82) is 0 Å². The van der Waals surface area contributed by atoms with Crippen LogP contribution in [0, 0.1) is 0 Å². The van der Waals surface area contributed by atoms with E-state index in [0.29, 0.717) is 5.28 Å². The molecule has 3 nitrogen and oxygen atoms in total. The molecule has 1 aromatic carbocycles. The molecule has 3 rings (SSSR count). The largest absolute Gasteiger partial charge is 0.361 e. The third-order valence-corrected chi connectivity index (χ3v) is 2.87. The predicted molar refractivity (Wildman–Crippen MR) is 68.1 cm³/mol. The van der Waals surface area contributed by atoms with Gasteiger partial charge in [0.25, 0.3) is 0 Å². The van der Waals surface area contributed by atoms with Crippen LogP contribution >= 0.6 is 11.6 Å². The van der Waals surface area contributed by atoms with E-state index >= 15 is 0 Å². The third-order valence-electron chi connectivity index (χ3n) is 2.69. The summed E-state index contributed by atoms with van der Waals surface area (Å²) in [4.78, 5) is 11.2. The molecule has 17 heavy (non-hydrogen) atoms. The summed E-state index contributed by atoms with van der Waals surface area (Å²) in [7, 11) is 0. The van der Waals surface area contributed by atoms with Crippen molar-refractivity contribution in [3.05, 3.63) is 59.3 Å². The highest BCUT2D eigenvalue weighted by molar-refractivity contribution is 6.28. The van der Waals surface area contributed by atoms with Crippen LogP contribution in [0.1, 0.15) is 11.3 Å². The molecule has 0 bridgehead atoms. The number of aromatic nitrogens is 3. The molecule has 2 aromatic heterocycles. The maximum absolute atomic E-state index is 5.76. The van der Waals surface area contributed by atoms with Crippen LogP contribution in [0.2, 0.25) is 5.28 Å². The zero-order valence-corrected chi connectivity index (χ0v) is 9.78. The molecule has 0 amide bonds. The van der Waals surface area contributed by atoms with Gasteiger partial charge in [0.15, 0.2) is 0 Å². The van der Waals surface area contributed by atoms with Crippen LogP contribution in [0.4, 0.5) is 0 Å². The number of nitrogens with zero attached hydrogens (tertiary/aromatic N) is 2. The molecular formula is C13H10ClN3. The number of rotatable bonds is 2. The Bertz CT molecular complexity index is 660. The van der Waals surface area contributed by atoms with Gasteiger partial charge in [-0.15, -0.1) is 0 Å². The van der Waals surface area contributed by atoms with Gasteiger partial charge in [-0.1, -0.05) is 6.07 Å². The molecule has 0 atom stereocenters. The van der Waals surface area contributed by atoms with E-state index < -0.39 is 0 Å². The second kappa shape index (κ2) is 4.18. The van der Waals surface area contributed by atoms with E-state index in [1.807, 2.05) is 12.3 Å². The summed E-state index contributed by atoms with van der Waals surface area (Å²) in [6.07, 6.45) is 4.39. The van der Waals surface area contributed by atoms with E-state index in [2.05, 4.69) is 39.2 Å². The first-order chi connectivity index (χ1) is 8.31. The fourth-order valence-corrected chi connectivity index (χ4v) is 2.05. The molecule has 0 unspecified atom stereocenters. The van der Waals surface area contributed by atoms with Gasteiger partial charge >= 0.3 is 0 Å². The van der Waals surface area contributed by atoms with Crippen LogP contribution in [-0.2, 0) is 6.42 Å². The van der Waals surface area contributed by atoms with Gasteiger partial charge < -0.3 is 4.98 Å². The monoisotopic (exact) mass is 243 g/mol. The average Bonchev–Trinajstić information content (AvgIpc) is 2.76. The summed E-state index contributed by atoms with van der Waals surface area (Å²) in [6.45, 7) is 0. The smallest absolute Gasteiger partial charge is 0.222 e. The van der Waals surface area contributed by atoms with Crippen molar-refractivity contribution < 1.29 is 0 Å². The maximum atomic E-state index is 5.76. The van der Waals surface area contributed by atoms with Gasteiger partial charge in [-0.2, -0.15) is 0 Å². The minimum absolute atomic E-state index is 0.297. The topological polar surface area (TPSA) is 41.6 Å². The van der Waals surface area contributed by atoms with Crippen LogP contribution in [0.5, 0.6) is 0 Å². The molecule has 4 heteroatoms. The second-order valence-electron chi connectivity index (χ2n) is 3.89. The van der Waals surface area contributed by atoms with Crippen molar-refractivity contribution >= 4 is 22.5 Å². The van der Waals surface area contributed by atoms with Crippen LogP contribution in [-0.4, -0.2) is 15.0 Å². The minimum Gasteiger partial charge on any atom is -0.361 e. The van der Waals surface area contributed by atoms with Crippen molar-refractivity contribution in [2.24, 2.45) is 0 Å². The number of benzene rings is 1. The number of fused-ring (bicyclic) bond motifs is 1. The van der Waals surface area contributed by atoms with Crippen LogP contribution in [0.15, 0.2) is 42.7 Å². The first-order valence-electron chi connectivity index (χ1n) is 5.35. The average molecular weight is 244 g/mol. The lowest BCUT2D eigenvalue weighted by Gasteiger charge is -2.01. The Kier molecular flexibility index (Phi) is 2.53.